The van der Waals surface area contributed by atoms with Crippen molar-refractivity contribution < 1.29 is 9.90 Å². The summed E-state index contributed by atoms with van der Waals surface area (Å²) in [7, 11) is 1.99. The highest BCUT2D eigenvalue weighted by Gasteiger charge is 2.22. The van der Waals surface area contributed by atoms with Gasteiger partial charge in [-0.25, -0.2) is 4.79 Å². The van der Waals surface area contributed by atoms with Gasteiger partial charge in [0.2, 0.25) is 0 Å². The van der Waals surface area contributed by atoms with E-state index in [1.54, 1.807) is 0 Å². The number of thioether (sulfide) groups is 1. The number of anilines is 1. The lowest BCUT2D eigenvalue weighted by Crippen LogP contribution is -2.30. The van der Waals surface area contributed by atoms with Crippen LogP contribution < -0.4 is 4.90 Å². The Labute approximate surface area is 112 Å². The van der Waals surface area contributed by atoms with Crippen LogP contribution in [0.2, 0.25) is 0 Å². The van der Waals surface area contributed by atoms with Crippen LogP contribution in [-0.2, 0) is 0 Å². The van der Waals surface area contributed by atoms with Crippen LogP contribution in [-0.4, -0.2) is 30.9 Å². The molecule has 0 saturated heterocycles. The van der Waals surface area contributed by atoms with E-state index in [-0.39, 0.29) is 0 Å². The minimum Gasteiger partial charge on any atom is -0.478 e. The maximum Gasteiger partial charge on any atom is 0.338 e. The number of nitrogens with zero attached hydrogens (tertiary/aromatic N) is 1. The van der Waals surface area contributed by atoms with E-state index in [0.717, 1.165) is 23.0 Å². The Balaban J connectivity index is 2.27. The zero-order valence-corrected chi connectivity index (χ0v) is 11.7. The van der Waals surface area contributed by atoms with E-state index in [9.17, 15) is 9.90 Å². The number of benzene rings is 1. The van der Waals surface area contributed by atoms with Crippen LogP contribution in [0.1, 0.15) is 29.6 Å². The van der Waals surface area contributed by atoms with Gasteiger partial charge in [0.15, 0.2) is 0 Å². The highest BCUT2D eigenvalue weighted by Crippen LogP contribution is 2.32. The number of carboxylic acids is 1. The molecule has 1 aliphatic rings. The van der Waals surface area contributed by atoms with Crippen molar-refractivity contribution in [2.75, 3.05) is 24.7 Å². The predicted molar refractivity (Wildman–Crippen MR) is 75.8 cm³/mol. The molecule has 1 fully saturated rings. The molecule has 4 heteroatoms. The first-order chi connectivity index (χ1) is 8.63. The zero-order valence-electron chi connectivity index (χ0n) is 10.8. The normalized spacial score (nSPS) is 15.2. The quantitative estimate of drug-likeness (QED) is 0.829. The highest BCUT2D eigenvalue weighted by atomic mass is 32.2. The molecule has 1 aromatic carbocycles. The average Bonchev–Trinajstić information content (AvgIpc) is 2.32. The lowest BCUT2D eigenvalue weighted by molar-refractivity contribution is 0.0693. The molecular formula is C14H19NO2S. The maximum absolute atomic E-state index is 11.4. The monoisotopic (exact) mass is 265 g/mol. The Kier molecular flexibility index (Phi) is 4.17. The van der Waals surface area contributed by atoms with Gasteiger partial charge in [0, 0.05) is 18.5 Å². The molecule has 2 rings (SSSR count). The van der Waals surface area contributed by atoms with Crippen LogP contribution in [0.4, 0.5) is 5.69 Å². The van der Waals surface area contributed by atoms with Gasteiger partial charge in [0.05, 0.1) is 11.3 Å². The third-order valence-electron chi connectivity index (χ3n) is 3.61. The summed E-state index contributed by atoms with van der Waals surface area (Å²) in [5.41, 5.74) is 1.27. The molecule has 1 saturated carbocycles. The van der Waals surface area contributed by atoms with E-state index in [0.29, 0.717) is 5.56 Å². The van der Waals surface area contributed by atoms with E-state index < -0.39 is 5.97 Å². The van der Waals surface area contributed by atoms with Crippen molar-refractivity contribution in [1.29, 1.82) is 0 Å². The van der Waals surface area contributed by atoms with Gasteiger partial charge in [-0.1, -0.05) is 12.5 Å². The van der Waals surface area contributed by atoms with Crippen molar-refractivity contribution in [2.45, 2.75) is 24.2 Å². The van der Waals surface area contributed by atoms with Crippen molar-refractivity contribution in [3.05, 3.63) is 23.8 Å². The SMILES string of the molecule is CSc1cccc(N(C)CC2CCC2)c1C(=O)O. The molecular weight excluding hydrogens is 246 g/mol. The van der Waals surface area contributed by atoms with E-state index in [4.69, 9.17) is 0 Å². The second-order valence-corrected chi connectivity index (χ2v) is 5.69. The Morgan fingerprint density at radius 3 is 2.72 bits per heavy atom. The van der Waals surface area contributed by atoms with Crippen molar-refractivity contribution >= 4 is 23.4 Å². The molecule has 3 nitrogen and oxygen atoms in total. The number of rotatable bonds is 5. The van der Waals surface area contributed by atoms with E-state index >= 15 is 0 Å². The summed E-state index contributed by atoms with van der Waals surface area (Å²) in [4.78, 5) is 14.4. The molecule has 98 valence electrons. The summed E-state index contributed by atoms with van der Waals surface area (Å²) in [6.45, 7) is 0.956. The molecule has 0 unspecified atom stereocenters. The van der Waals surface area contributed by atoms with Gasteiger partial charge in [-0.05, 0) is 37.1 Å². The van der Waals surface area contributed by atoms with Gasteiger partial charge in [0.1, 0.15) is 0 Å². The largest absolute Gasteiger partial charge is 0.478 e. The van der Waals surface area contributed by atoms with Gasteiger partial charge in [0.25, 0.3) is 0 Å². The molecule has 0 aromatic heterocycles. The highest BCUT2D eigenvalue weighted by molar-refractivity contribution is 7.98. The van der Waals surface area contributed by atoms with E-state index in [1.807, 2.05) is 31.5 Å². The molecule has 1 aromatic rings. The predicted octanol–water partition coefficient (Wildman–Crippen LogP) is 3.34. The van der Waals surface area contributed by atoms with Gasteiger partial charge < -0.3 is 10.0 Å². The van der Waals surface area contributed by atoms with Crippen molar-refractivity contribution in [2.24, 2.45) is 5.92 Å². The lowest BCUT2D eigenvalue weighted by atomic mass is 9.85. The fourth-order valence-electron chi connectivity index (χ4n) is 2.38. The van der Waals surface area contributed by atoms with E-state index in [2.05, 4.69) is 4.90 Å². The van der Waals surface area contributed by atoms with Gasteiger partial charge >= 0.3 is 5.97 Å². The number of carbonyl (C=O) groups is 1. The third-order valence-corrected chi connectivity index (χ3v) is 4.39. The first-order valence-electron chi connectivity index (χ1n) is 6.25. The Morgan fingerprint density at radius 1 is 1.50 bits per heavy atom. The number of carboxylic acid groups (broad SMARTS) is 1. The van der Waals surface area contributed by atoms with Crippen LogP contribution in [0, 0.1) is 5.92 Å². The average molecular weight is 265 g/mol. The summed E-state index contributed by atoms with van der Waals surface area (Å²) < 4.78 is 0. The van der Waals surface area contributed by atoms with Crippen molar-refractivity contribution in [3.8, 4) is 0 Å². The molecule has 0 heterocycles. The number of aromatic carboxylic acids is 1. The summed E-state index contributed by atoms with van der Waals surface area (Å²) in [5.74, 6) is -0.106. The molecule has 18 heavy (non-hydrogen) atoms. The van der Waals surface area contributed by atoms with Gasteiger partial charge in [-0.3, -0.25) is 0 Å². The van der Waals surface area contributed by atoms with Crippen LogP contribution >= 0.6 is 11.8 Å². The van der Waals surface area contributed by atoms with Crippen molar-refractivity contribution in [1.82, 2.24) is 0 Å². The minimum atomic E-state index is -0.838. The zero-order chi connectivity index (χ0) is 13.1. The molecule has 0 radical (unpaired) electrons. The lowest BCUT2D eigenvalue weighted by Gasteiger charge is -2.32. The Hall–Kier alpha value is -1.16. The summed E-state index contributed by atoms with van der Waals surface area (Å²) >= 11 is 1.49. The summed E-state index contributed by atoms with van der Waals surface area (Å²) in [5, 5.41) is 9.39. The summed E-state index contributed by atoms with van der Waals surface area (Å²) in [6, 6.07) is 5.71. The maximum atomic E-state index is 11.4. The van der Waals surface area contributed by atoms with Crippen LogP contribution in [0.3, 0.4) is 0 Å². The van der Waals surface area contributed by atoms with E-state index in [1.165, 1.54) is 31.0 Å². The van der Waals surface area contributed by atoms with Crippen molar-refractivity contribution in [3.63, 3.8) is 0 Å². The minimum absolute atomic E-state index is 0.437. The molecule has 0 spiro atoms. The number of hydrogen-bond acceptors (Lipinski definition) is 3. The fourth-order valence-corrected chi connectivity index (χ4v) is 2.99. The molecule has 1 N–H and O–H groups in total. The standard InChI is InChI=1S/C14H19NO2S/c1-15(9-10-5-3-6-10)11-7-4-8-12(18-2)13(11)14(16)17/h4,7-8,10H,3,5-6,9H2,1-2H3,(H,16,17). The van der Waals surface area contributed by atoms with Gasteiger partial charge in [-0.2, -0.15) is 0 Å². The molecule has 0 amide bonds. The van der Waals surface area contributed by atoms with Gasteiger partial charge in [-0.15, -0.1) is 11.8 Å². The smallest absolute Gasteiger partial charge is 0.338 e. The fraction of sp³-hybridized carbons (Fsp3) is 0.500. The second kappa shape index (κ2) is 5.65. The molecule has 0 aliphatic heterocycles. The first-order valence-corrected chi connectivity index (χ1v) is 7.47. The first kappa shape index (κ1) is 13.3. The third kappa shape index (κ3) is 2.64. The van der Waals surface area contributed by atoms with Crippen LogP contribution in [0.15, 0.2) is 23.1 Å². The second-order valence-electron chi connectivity index (χ2n) is 4.84. The molecule has 0 bridgehead atoms. The van der Waals surface area contributed by atoms with Crippen LogP contribution in [0.5, 0.6) is 0 Å². The summed E-state index contributed by atoms with van der Waals surface area (Å²) in [6.07, 6.45) is 5.77. The molecule has 0 atom stereocenters. The number of hydrogen-bond donors (Lipinski definition) is 1. The Morgan fingerprint density at radius 2 is 2.22 bits per heavy atom. The Bertz CT molecular complexity index is 443. The molecule has 1 aliphatic carbocycles. The topological polar surface area (TPSA) is 40.5 Å². The van der Waals surface area contributed by atoms with Crippen LogP contribution in [0.25, 0.3) is 0 Å².